The largest absolute Gasteiger partial charge is 0.450 e. The van der Waals surface area contributed by atoms with Crippen LogP contribution in [0.2, 0.25) is 0 Å². The maximum atomic E-state index is 12.9. The summed E-state index contributed by atoms with van der Waals surface area (Å²) in [6, 6.07) is 4.48. The predicted octanol–water partition coefficient (Wildman–Crippen LogP) is 3.66. The molecule has 0 aliphatic carbocycles. The Morgan fingerprint density at radius 3 is 2.74 bits per heavy atom. The number of ether oxygens (including phenoxy) is 1. The zero-order chi connectivity index (χ0) is 14.2. The zero-order valence-corrected chi connectivity index (χ0v) is 11.8. The van der Waals surface area contributed by atoms with Crippen molar-refractivity contribution in [2.45, 2.75) is 13.1 Å². The third kappa shape index (κ3) is 2.67. The van der Waals surface area contributed by atoms with Crippen molar-refractivity contribution in [3.8, 4) is 0 Å². The molecule has 102 valence electrons. The molecule has 0 fully saturated rings. The second-order valence-corrected chi connectivity index (χ2v) is 4.85. The third-order valence-corrected chi connectivity index (χ3v) is 2.99. The van der Waals surface area contributed by atoms with Gasteiger partial charge in [0.2, 0.25) is 5.82 Å². The van der Waals surface area contributed by atoms with E-state index in [1.807, 2.05) is 22.6 Å². The van der Waals surface area contributed by atoms with Gasteiger partial charge in [0.1, 0.15) is 0 Å². The van der Waals surface area contributed by atoms with Gasteiger partial charge in [-0.3, -0.25) is 0 Å². The van der Waals surface area contributed by atoms with Crippen LogP contribution in [-0.2, 0) is 10.9 Å². The Morgan fingerprint density at radius 1 is 1.47 bits per heavy atom. The van der Waals surface area contributed by atoms with Crippen LogP contribution in [0.5, 0.6) is 0 Å². The maximum absolute atomic E-state index is 12.9. The molecule has 8 heteroatoms. The molecule has 1 heterocycles. The van der Waals surface area contributed by atoms with Crippen LogP contribution in [0.15, 0.2) is 18.2 Å². The SMILES string of the molecule is CCOC(=O)n1c(C(F)(F)F)nc2cc(I)ccc21. The fourth-order valence-electron chi connectivity index (χ4n) is 1.62. The average molecular weight is 384 g/mol. The van der Waals surface area contributed by atoms with E-state index in [9.17, 15) is 18.0 Å². The summed E-state index contributed by atoms with van der Waals surface area (Å²) in [5, 5.41) is 0. The molecule has 0 bridgehead atoms. The van der Waals surface area contributed by atoms with Gasteiger partial charge in [-0.15, -0.1) is 0 Å². The van der Waals surface area contributed by atoms with Crippen molar-refractivity contribution in [3.05, 3.63) is 27.6 Å². The van der Waals surface area contributed by atoms with Gasteiger partial charge in [-0.05, 0) is 47.7 Å². The van der Waals surface area contributed by atoms with Crippen molar-refractivity contribution < 1.29 is 22.7 Å². The van der Waals surface area contributed by atoms with Crippen LogP contribution >= 0.6 is 22.6 Å². The third-order valence-electron chi connectivity index (χ3n) is 2.32. The van der Waals surface area contributed by atoms with E-state index in [4.69, 9.17) is 0 Å². The summed E-state index contributed by atoms with van der Waals surface area (Å²) in [7, 11) is 0. The highest BCUT2D eigenvalue weighted by Gasteiger charge is 2.39. The number of carbonyl (C=O) groups is 1. The molecule has 4 nitrogen and oxygen atoms in total. The van der Waals surface area contributed by atoms with Gasteiger partial charge < -0.3 is 4.74 Å². The number of hydrogen-bond acceptors (Lipinski definition) is 3. The molecular weight excluding hydrogens is 376 g/mol. The molecule has 2 rings (SSSR count). The summed E-state index contributed by atoms with van der Waals surface area (Å²) >= 11 is 1.96. The van der Waals surface area contributed by atoms with Gasteiger partial charge in [0.05, 0.1) is 17.6 Å². The summed E-state index contributed by atoms with van der Waals surface area (Å²) in [5.41, 5.74) is 0.179. The molecule has 0 radical (unpaired) electrons. The summed E-state index contributed by atoms with van der Waals surface area (Å²) in [5.74, 6) is -1.28. The molecule has 19 heavy (non-hydrogen) atoms. The van der Waals surface area contributed by atoms with Crippen molar-refractivity contribution in [1.82, 2.24) is 9.55 Å². The zero-order valence-electron chi connectivity index (χ0n) is 9.66. The first-order chi connectivity index (χ1) is 8.84. The fourth-order valence-corrected chi connectivity index (χ4v) is 2.09. The Bertz CT molecular complexity index is 637. The molecule has 2 aromatic rings. The van der Waals surface area contributed by atoms with Crippen LogP contribution in [0.1, 0.15) is 12.7 Å². The topological polar surface area (TPSA) is 44.1 Å². The molecule has 0 amide bonds. The Balaban J connectivity index is 2.72. The highest BCUT2D eigenvalue weighted by atomic mass is 127. The van der Waals surface area contributed by atoms with E-state index < -0.39 is 18.1 Å². The number of hydrogen-bond donors (Lipinski definition) is 0. The average Bonchev–Trinajstić information content (AvgIpc) is 2.67. The first-order valence-electron chi connectivity index (χ1n) is 5.27. The molecule has 0 N–H and O–H groups in total. The van der Waals surface area contributed by atoms with E-state index in [0.29, 0.717) is 4.57 Å². The molecule has 1 aromatic carbocycles. The number of imidazole rings is 1. The van der Waals surface area contributed by atoms with Gasteiger partial charge in [0.15, 0.2) is 0 Å². The lowest BCUT2D eigenvalue weighted by molar-refractivity contribution is -0.146. The summed E-state index contributed by atoms with van der Waals surface area (Å²) in [6.07, 6.45) is -5.81. The van der Waals surface area contributed by atoms with Crippen LogP contribution in [0.25, 0.3) is 11.0 Å². The number of halogens is 4. The van der Waals surface area contributed by atoms with Gasteiger partial charge in [0.25, 0.3) is 0 Å². The molecule has 0 unspecified atom stereocenters. The Morgan fingerprint density at radius 2 is 2.16 bits per heavy atom. The normalized spacial score (nSPS) is 11.8. The smallest absolute Gasteiger partial charge is 0.449 e. The van der Waals surface area contributed by atoms with E-state index in [1.165, 1.54) is 19.1 Å². The van der Waals surface area contributed by atoms with Gasteiger partial charge >= 0.3 is 12.3 Å². The summed E-state index contributed by atoms with van der Waals surface area (Å²) < 4.78 is 44.5. The van der Waals surface area contributed by atoms with Crippen molar-refractivity contribution in [1.29, 1.82) is 0 Å². The van der Waals surface area contributed by atoms with Crippen molar-refractivity contribution in [2.24, 2.45) is 0 Å². The quantitative estimate of drug-likeness (QED) is 0.705. The number of nitrogens with zero attached hydrogens (tertiary/aromatic N) is 2. The monoisotopic (exact) mass is 384 g/mol. The number of benzene rings is 1. The van der Waals surface area contributed by atoms with Gasteiger partial charge in [-0.1, -0.05) is 0 Å². The first kappa shape index (κ1) is 14.1. The van der Waals surface area contributed by atoms with Crippen LogP contribution in [-0.4, -0.2) is 22.3 Å². The van der Waals surface area contributed by atoms with E-state index in [1.54, 1.807) is 6.07 Å². The van der Waals surface area contributed by atoms with Crippen molar-refractivity contribution in [2.75, 3.05) is 6.61 Å². The van der Waals surface area contributed by atoms with Gasteiger partial charge in [-0.2, -0.15) is 13.2 Å². The second kappa shape index (κ2) is 4.99. The summed E-state index contributed by atoms with van der Waals surface area (Å²) in [4.78, 5) is 15.2. The Hall–Kier alpha value is -1.32. The van der Waals surface area contributed by atoms with Crippen molar-refractivity contribution >= 4 is 39.7 Å². The highest BCUT2D eigenvalue weighted by molar-refractivity contribution is 14.1. The van der Waals surface area contributed by atoms with Crippen molar-refractivity contribution in [3.63, 3.8) is 0 Å². The van der Waals surface area contributed by atoms with E-state index in [2.05, 4.69) is 9.72 Å². The molecular formula is C11H8F3IN2O2. The summed E-state index contributed by atoms with van der Waals surface area (Å²) in [6.45, 7) is 1.51. The molecule has 1 aromatic heterocycles. The fraction of sp³-hybridized carbons (Fsp3) is 0.273. The number of carbonyl (C=O) groups excluding carboxylic acids is 1. The van der Waals surface area contributed by atoms with Gasteiger partial charge in [0, 0.05) is 3.57 Å². The number of fused-ring (bicyclic) bond motifs is 1. The maximum Gasteiger partial charge on any atom is 0.450 e. The standard InChI is InChI=1S/C11H8F3IN2O2/c1-2-19-10(18)17-8-4-3-6(15)5-7(8)16-9(17)11(12,13)14/h3-5H,2H2,1H3. The first-order valence-corrected chi connectivity index (χ1v) is 6.34. The van der Waals surface area contributed by atoms with Crippen LogP contribution in [0.4, 0.5) is 18.0 Å². The van der Waals surface area contributed by atoms with Gasteiger partial charge in [-0.25, -0.2) is 14.3 Å². The van der Waals surface area contributed by atoms with E-state index >= 15 is 0 Å². The molecule has 0 atom stereocenters. The molecule has 0 aliphatic rings. The lowest BCUT2D eigenvalue weighted by Crippen LogP contribution is -2.22. The van der Waals surface area contributed by atoms with Crippen LogP contribution in [0.3, 0.4) is 0 Å². The predicted molar refractivity (Wildman–Crippen MR) is 69.9 cm³/mol. The molecule has 0 spiro atoms. The minimum absolute atomic E-state index is 0.0137. The Kier molecular flexibility index (Phi) is 3.70. The lowest BCUT2D eigenvalue weighted by Gasteiger charge is -2.09. The molecule has 0 saturated carbocycles. The second-order valence-electron chi connectivity index (χ2n) is 3.60. The minimum atomic E-state index is -4.72. The number of rotatable bonds is 1. The Labute approximate surface area is 119 Å². The highest BCUT2D eigenvalue weighted by Crippen LogP contribution is 2.32. The van der Waals surface area contributed by atoms with E-state index in [-0.39, 0.29) is 17.6 Å². The minimum Gasteiger partial charge on any atom is -0.449 e. The number of alkyl halides is 3. The van der Waals surface area contributed by atoms with Crippen LogP contribution in [0, 0.1) is 3.57 Å². The van der Waals surface area contributed by atoms with Crippen LogP contribution < -0.4 is 0 Å². The lowest BCUT2D eigenvalue weighted by atomic mass is 10.3. The van der Waals surface area contributed by atoms with E-state index in [0.717, 1.165) is 3.57 Å². The molecule has 0 aliphatic heterocycles. The number of aromatic nitrogens is 2. The molecule has 0 saturated heterocycles.